The molecule has 5 nitrogen and oxygen atoms in total. The molecule has 2 rings (SSSR count). The lowest BCUT2D eigenvalue weighted by Crippen LogP contribution is -2.38. The maximum absolute atomic E-state index is 12.8. The molecular weight excluding hydrogens is 297 g/mol. The molecule has 0 radical (unpaired) electrons. The van der Waals surface area contributed by atoms with E-state index in [0.29, 0.717) is 26.1 Å². The first-order valence-electron chi connectivity index (χ1n) is 8.19. The van der Waals surface area contributed by atoms with Crippen LogP contribution in [0.5, 0.6) is 0 Å². The molecule has 2 N–H and O–H groups in total. The largest absolute Gasteiger partial charge is 0.343 e. The first-order valence-corrected chi connectivity index (χ1v) is 8.19. The fourth-order valence-electron chi connectivity index (χ4n) is 2.59. The lowest BCUT2D eigenvalue weighted by atomic mass is 10.2. The van der Waals surface area contributed by atoms with Crippen LogP contribution in [0.3, 0.4) is 0 Å². The Morgan fingerprint density at radius 3 is 2.70 bits per heavy atom. The summed E-state index contributed by atoms with van der Waals surface area (Å²) in [5, 5.41) is 5.49. The van der Waals surface area contributed by atoms with E-state index in [2.05, 4.69) is 10.6 Å². The topological polar surface area (TPSA) is 61.4 Å². The van der Waals surface area contributed by atoms with Crippen molar-refractivity contribution < 1.29 is 14.0 Å². The van der Waals surface area contributed by atoms with Gasteiger partial charge in [0.05, 0.1) is 0 Å². The molecule has 1 heterocycles. The number of carbonyl (C=O) groups excluding carboxylic acids is 2. The summed E-state index contributed by atoms with van der Waals surface area (Å²) in [4.78, 5) is 25.4. The summed E-state index contributed by atoms with van der Waals surface area (Å²) in [6.45, 7) is 2.41. The maximum atomic E-state index is 12.8. The van der Waals surface area contributed by atoms with E-state index >= 15 is 0 Å². The summed E-state index contributed by atoms with van der Waals surface area (Å²) in [7, 11) is 0. The second kappa shape index (κ2) is 9.12. The van der Waals surface area contributed by atoms with Gasteiger partial charge in [-0.3, -0.25) is 4.79 Å². The van der Waals surface area contributed by atoms with E-state index in [-0.39, 0.29) is 17.8 Å². The summed E-state index contributed by atoms with van der Waals surface area (Å²) >= 11 is 0. The van der Waals surface area contributed by atoms with Crippen molar-refractivity contribution in [2.75, 3.05) is 19.6 Å². The standard InChI is InChI=1S/C17H24FN3O2/c18-15-8-6-14(7-9-15)13-20-17(23)19-10-4-12-21-11-3-1-2-5-16(21)22/h6-9H,1-5,10-13H2,(H2,19,20,23). The van der Waals surface area contributed by atoms with Crippen LogP contribution in [-0.4, -0.2) is 36.5 Å². The van der Waals surface area contributed by atoms with E-state index in [1.54, 1.807) is 12.1 Å². The minimum atomic E-state index is -0.290. The monoisotopic (exact) mass is 321 g/mol. The highest BCUT2D eigenvalue weighted by Gasteiger charge is 2.15. The van der Waals surface area contributed by atoms with Crippen molar-refractivity contribution in [1.29, 1.82) is 0 Å². The van der Waals surface area contributed by atoms with Gasteiger partial charge in [-0.05, 0) is 37.0 Å². The van der Waals surface area contributed by atoms with Crippen LogP contribution in [0, 0.1) is 5.82 Å². The summed E-state index contributed by atoms with van der Waals surface area (Å²) in [6, 6.07) is 5.76. The predicted octanol–water partition coefficient (Wildman–Crippen LogP) is 2.42. The highest BCUT2D eigenvalue weighted by Crippen LogP contribution is 2.11. The molecule has 6 heteroatoms. The summed E-state index contributed by atoms with van der Waals surface area (Å²) in [5.41, 5.74) is 0.844. The molecule has 0 spiro atoms. The zero-order valence-electron chi connectivity index (χ0n) is 13.3. The Hall–Kier alpha value is -2.11. The average molecular weight is 321 g/mol. The second-order valence-corrected chi connectivity index (χ2v) is 5.78. The van der Waals surface area contributed by atoms with Gasteiger partial charge in [-0.2, -0.15) is 0 Å². The Morgan fingerprint density at radius 1 is 1.13 bits per heavy atom. The molecular formula is C17H24FN3O2. The van der Waals surface area contributed by atoms with E-state index < -0.39 is 0 Å². The Balaban J connectivity index is 1.59. The Labute approximate surface area is 136 Å². The molecule has 1 aromatic rings. The third-order valence-electron chi connectivity index (χ3n) is 3.93. The first kappa shape index (κ1) is 17.2. The van der Waals surface area contributed by atoms with Gasteiger partial charge in [-0.25, -0.2) is 9.18 Å². The van der Waals surface area contributed by atoms with Crippen LogP contribution < -0.4 is 10.6 Å². The van der Waals surface area contributed by atoms with E-state index in [0.717, 1.165) is 37.8 Å². The number of amides is 3. The van der Waals surface area contributed by atoms with Gasteiger partial charge in [0, 0.05) is 32.6 Å². The number of nitrogens with one attached hydrogen (secondary N) is 2. The van der Waals surface area contributed by atoms with Gasteiger partial charge in [-0.15, -0.1) is 0 Å². The number of carbonyl (C=O) groups is 2. The van der Waals surface area contributed by atoms with Crippen molar-refractivity contribution in [3.8, 4) is 0 Å². The van der Waals surface area contributed by atoms with E-state index in [4.69, 9.17) is 0 Å². The van der Waals surface area contributed by atoms with Crippen molar-refractivity contribution in [1.82, 2.24) is 15.5 Å². The molecule has 0 aromatic heterocycles. The van der Waals surface area contributed by atoms with Crippen LogP contribution in [0.1, 0.15) is 37.7 Å². The molecule has 1 aromatic carbocycles. The van der Waals surface area contributed by atoms with Crippen LogP contribution in [0.25, 0.3) is 0 Å². The van der Waals surface area contributed by atoms with E-state index in [1.165, 1.54) is 12.1 Å². The van der Waals surface area contributed by atoms with Crippen LogP contribution >= 0.6 is 0 Å². The third-order valence-corrected chi connectivity index (χ3v) is 3.93. The number of rotatable bonds is 6. The van der Waals surface area contributed by atoms with Crippen LogP contribution in [0.4, 0.5) is 9.18 Å². The zero-order valence-corrected chi connectivity index (χ0v) is 13.3. The molecule has 23 heavy (non-hydrogen) atoms. The molecule has 0 saturated carbocycles. The molecule has 0 bridgehead atoms. The minimum Gasteiger partial charge on any atom is -0.343 e. The maximum Gasteiger partial charge on any atom is 0.315 e. The highest BCUT2D eigenvalue weighted by molar-refractivity contribution is 5.76. The van der Waals surface area contributed by atoms with E-state index in [1.807, 2.05) is 4.90 Å². The molecule has 1 aliphatic heterocycles. The van der Waals surface area contributed by atoms with Crippen molar-refractivity contribution in [2.45, 2.75) is 38.6 Å². The van der Waals surface area contributed by atoms with E-state index in [9.17, 15) is 14.0 Å². The second-order valence-electron chi connectivity index (χ2n) is 5.78. The molecule has 1 fully saturated rings. The Kier molecular flexibility index (Phi) is 6.84. The van der Waals surface area contributed by atoms with Crippen LogP contribution in [0.15, 0.2) is 24.3 Å². The molecule has 0 atom stereocenters. The molecule has 3 amide bonds. The van der Waals surface area contributed by atoms with Gasteiger partial charge in [0.2, 0.25) is 5.91 Å². The lowest BCUT2D eigenvalue weighted by molar-refractivity contribution is -0.130. The highest BCUT2D eigenvalue weighted by atomic mass is 19.1. The average Bonchev–Trinajstić information content (AvgIpc) is 2.75. The van der Waals surface area contributed by atoms with Crippen LogP contribution in [0.2, 0.25) is 0 Å². The normalized spacial score (nSPS) is 15.2. The number of nitrogens with zero attached hydrogens (tertiary/aromatic N) is 1. The number of hydrogen-bond acceptors (Lipinski definition) is 2. The number of hydrogen-bond donors (Lipinski definition) is 2. The molecule has 0 aliphatic carbocycles. The van der Waals surface area contributed by atoms with Gasteiger partial charge < -0.3 is 15.5 Å². The van der Waals surface area contributed by atoms with Crippen LogP contribution in [-0.2, 0) is 11.3 Å². The predicted molar refractivity (Wildman–Crippen MR) is 86.3 cm³/mol. The minimum absolute atomic E-state index is 0.225. The molecule has 1 saturated heterocycles. The fourth-order valence-corrected chi connectivity index (χ4v) is 2.59. The molecule has 1 aliphatic rings. The fraction of sp³-hybridized carbons (Fsp3) is 0.529. The van der Waals surface area contributed by atoms with Gasteiger partial charge in [0.1, 0.15) is 5.82 Å². The smallest absolute Gasteiger partial charge is 0.315 e. The number of benzene rings is 1. The zero-order chi connectivity index (χ0) is 16.5. The Bertz CT molecular complexity index is 519. The number of urea groups is 1. The number of halogens is 1. The molecule has 126 valence electrons. The first-order chi connectivity index (χ1) is 11.1. The van der Waals surface area contributed by atoms with Gasteiger partial charge in [-0.1, -0.05) is 18.6 Å². The van der Waals surface area contributed by atoms with Gasteiger partial charge in [0.25, 0.3) is 0 Å². The van der Waals surface area contributed by atoms with Crippen molar-refractivity contribution >= 4 is 11.9 Å². The van der Waals surface area contributed by atoms with Gasteiger partial charge in [0.15, 0.2) is 0 Å². The molecule has 0 unspecified atom stereocenters. The van der Waals surface area contributed by atoms with Crippen molar-refractivity contribution in [2.24, 2.45) is 0 Å². The number of likely N-dealkylation sites (tertiary alicyclic amines) is 1. The van der Waals surface area contributed by atoms with Gasteiger partial charge >= 0.3 is 6.03 Å². The van der Waals surface area contributed by atoms with Crippen molar-refractivity contribution in [3.05, 3.63) is 35.6 Å². The quantitative estimate of drug-likeness (QED) is 0.791. The SMILES string of the molecule is O=C(NCCCN1CCCCCC1=O)NCc1ccc(F)cc1. The Morgan fingerprint density at radius 2 is 1.91 bits per heavy atom. The lowest BCUT2D eigenvalue weighted by Gasteiger charge is -2.20. The third kappa shape index (κ3) is 6.26. The summed E-state index contributed by atoms with van der Waals surface area (Å²) < 4.78 is 12.8. The summed E-state index contributed by atoms with van der Waals surface area (Å²) in [6.07, 6.45) is 4.56. The van der Waals surface area contributed by atoms with Crippen molar-refractivity contribution in [3.63, 3.8) is 0 Å². The summed E-state index contributed by atoms with van der Waals surface area (Å²) in [5.74, 6) is -0.0653.